The highest BCUT2D eigenvalue weighted by Crippen LogP contribution is 2.40. The fraction of sp³-hybridized carbons (Fsp3) is 0.538. The number of likely N-dealkylation sites (tertiary alicyclic amines) is 2. The quantitative estimate of drug-likeness (QED) is 0.323. The van der Waals surface area contributed by atoms with Crippen molar-refractivity contribution in [3.05, 3.63) is 47.8 Å². The van der Waals surface area contributed by atoms with Gasteiger partial charge in [-0.3, -0.25) is 9.59 Å². The normalized spacial score (nSPS) is 17.2. The van der Waals surface area contributed by atoms with Gasteiger partial charge in [0.05, 0.1) is 12.4 Å². The summed E-state index contributed by atoms with van der Waals surface area (Å²) in [7, 11) is 0. The van der Waals surface area contributed by atoms with Gasteiger partial charge >= 0.3 is 0 Å². The molecule has 0 saturated carbocycles. The van der Waals surface area contributed by atoms with Crippen molar-refractivity contribution in [1.29, 1.82) is 0 Å². The lowest BCUT2D eigenvalue weighted by molar-refractivity contribution is -0.134. The first kappa shape index (κ1) is 24.5. The van der Waals surface area contributed by atoms with Crippen molar-refractivity contribution in [3.63, 3.8) is 0 Å². The molecule has 2 aliphatic heterocycles. The summed E-state index contributed by atoms with van der Waals surface area (Å²) in [6.07, 6.45) is 4.20. The van der Waals surface area contributed by atoms with E-state index in [9.17, 15) is 9.59 Å². The Labute approximate surface area is 206 Å². The number of thioether (sulfide) groups is 1. The largest absolute Gasteiger partial charge is 0.494 e. The van der Waals surface area contributed by atoms with Crippen LogP contribution in [0.25, 0.3) is 0 Å². The minimum atomic E-state index is 0.154. The molecule has 34 heavy (non-hydrogen) atoms. The van der Waals surface area contributed by atoms with Crippen LogP contribution in [0.15, 0.2) is 41.6 Å². The van der Waals surface area contributed by atoms with E-state index in [1.807, 2.05) is 60.0 Å². The van der Waals surface area contributed by atoms with Gasteiger partial charge in [0.2, 0.25) is 11.8 Å². The Bertz CT molecular complexity index is 973. The highest BCUT2D eigenvalue weighted by molar-refractivity contribution is 7.99. The summed E-state index contributed by atoms with van der Waals surface area (Å²) in [6, 6.07) is 11.6. The van der Waals surface area contributed by atoms with Crippen LogP contribution in [0.5, 0.6) is 5.75 Å². The van der Waals surface area contributed by atoms with Gasteiger partial charge in [-0.15, -0.1) is 0 Å². The van der Waals surface area contributed by atoms with Gasteiger partial charge in [-0.25, -0.2) is 9.97 Å². The summed E-state index contributed by atoms with van der Waals surface area (Å²) in [6.45, 7) is 7.61. The Hall–Kier alpha value is -2.61. The summed E-state index contributed by atoms with van der Waals surface area (Å²) >= 11 is 1.41. The van der Waals surface area contributed by atoms with Crippen LogP contribution < -0.4 is 4.74 Å². The van der Waals surface area contributed by atoms with Crippen molar-refractivity contribution in [1.82, 2.24) is 19.8 Å². The number of carbonyl (C=O) groups excluding carboxylic acids is 2. The third-order valence-corrected chi connectivity index (χ3v) is 7.63. The van der Waals surface area contributed by atoms with Gasteiger partial charge in [0.1, 0.15) is 5.75 Å². The van der Waals surface area contributed by atoms with Crippen LogP contribution in [0.3, 0.4) is 0 Å². The van der Waals surface area contributed by atoms with Gasteiger partial charge in [0.25, 0.3) is 0 Å². The fourth-order valence-electron chi connectivity index (χ4n) is 4.85. The number of hydrogen-bond donors (Lipinski definition) is 0. The molecular formula is C26H34N4O3S. The number of para-hydroxylation sites is 1. The lowest BCUT2D eigenvalue weighted by atomic mass is 9.77. The molecule has 1 aromatic heterocycles. The molecule has 7 nitrogen and oxygen atoms in total. The van der Waals surface area contributed by atoms with Crippen molar-refractivity contribution in [3.8, 4) is 5.75 Å². The lowest BCUT2D eigenvalue weighted by Crippen LogP contribution is -2.44. The summed E-state index contributed by atoms with van der Waals surface area (Å²) < 4.78 is 5.70. The first-order valence-corrected chi connectivity index (χ1v) is 13.1. The van der Waals surface area contributed by atoms with E-state index in [-0.39, 0.29) is 17.2 Å². The van der Waals surface area contributed by atoms with E-state index in [0.29, 0.717) is 23.9 Å². The lowest BCUT2D eigenvalue weighted by Gasteiger charge is -2.39. The van der Waals surface area contributed by atoms with E-state index >= 15 is 0 Å². The molecule has 4 rings (SSSR count). The second-order valence-electron chi connectivity index (χ2n) is 9.43. The smallest absolute Gasteiger partial charge is 0.233 e. The topological polar surface area (TPSA) is 75.6 Å². The molecule has 8 heteroatoms. The average Bonchev–Trinajstić information content (AvgIpc) is 3.24. The third-order valence-electron chi connectivity index (χ3n) is 6.80. The first-order chi connectivity index (χ1) is 16.4. The fourth-order valence-corrected chi connectivity index (χ4v) is 5.70. The van der Waals surface area contributed by atoms with Gasteiger partial charge in [-0.2, -0.15) is 0 Å². The van der Waals surface area contributed by atoms with E-state index in [1.54, 1.807) is 0 Å². The number of amides is 2. The number of benzene rings is 1. The Morgan fingerprint density at radius 1 is 0.971 bits per heavy atom. The number of aryl methyl sites for hydroxylation is 2. The summed E-state index contributed by atoms with van der Waals surface area (Å²) in [4.78, 5) is 38.3. The Balaban J connectivity index is 1.17. The molecule has 0 aliphatic carbocycles. The number of ether oxygens (including phenoxy) is 1. The van der Waals surface area contributed by atoms with Gasteiger partial charge in [-0.05, 0) is 63.1 Å². The zero-order valence-corrected chi connectivity index (χ0v) is 21.0. The maximum atomic E-state index is 12.8. The molecule has 0 atom stereocenters. The molecule has 3 heterocycles. The molecule has 1 aromatic carbocycles. The molecule has 0 radical (unpaired) electrons. The number of carbonyl (C=O) groups is 2. The molecule has 2 aromatic rings. The minimum absolute atomic E-state index is 0.154. The molecule has 2 fully saturated rings. The third kappa shape index (κ3) is 6.50. The molecule has 2 aliphatic rings. The average molecular weight is 483 g/mol. The van der Waals surface area contributed by atoms with E-state index < -0.39 is 0 Å². The van der Waals surface area contributed by atoms with Crippen LogP contribution in [-0.4, -0.2) is 70.1 Å². The van der Waals surface area contributed by atoms with Gasteiger partial charge in [0.15, 0.2) is 5.16 Å². The van der Waals surface area contributed by atoms with Crippen molar-refractivity contribution in [2.45, 2.75) is 51.1 Å². The highest BCUT2D eigenvalue weighted by atomic mass is 32.2. The molecule has 1 spiro atoms. The monoisotopic (exact) mass is 482 g/mol. The van der Waals surface area contributed by atoms with Crippen LogP contribution in [0.2, 0.25) is 0 Å². The number of aromatic nitrogens is 2. The van der Waals surface area contributed by atoms with E-state index in [4.69, 9.17) is 4.74 Å². The predicted molar refractivity (Wildman–Crippen MR) is 133 cm³/mol. The van der Waals surface area contributed by atoms with Crippen LogP contribution in [0.4, 0.5) is 0 Å². The Kier molecular flexibility index (Phi) is 8.08. The van der Waals surface area contributed by atoms with Gasteiger partial charge in [-0.1, -0.05) is 30.0 Å². The molecule has 182 valence electrons. The second kappa shape index (κ2) is 11.2. The Morgan fingerprint density at radius 3 is 2.29 bits per heavy atom. The van der Waals surface area contributed by atoms with E-state index in [2.05, 4.69) is 9.97 Å². The zero-order chi connectivity index (χ0) is 24.0. The van der Waals surface area contributed by atoms with Crippen LogP contribution in [0, 0.1) is 19.3 Å². The van der Waals surface area contributed by atoms with Crippen LogP contribution in [-0.2, 0) is 9.59 Å². The maximum absolute atomic E-state index is 12.8. The van der Waals surface area contributed by atoms with Gasteiger partial charge < -0.3 is 14.5 Å². The zero-order valence-electron chi connectivity index (χ0n) is 20.2. The number of piperidine rings is 1. The minimum Gasteiger partial charge on any atom is -0.494 e. The molecule has 0 bridgehead atoms. The van der Waals surface area contributed by atoms with E-state index in [0.717, 1.165) is 69.0 Å². The maximum Gasteiger partial charge on any atom is 0.233 e. The van der Waals surface area contributed by atoms with Gasteiger partial charge in [0, 0.05) is 44.0 Å². The molecule has 0 N–H and O–H groups in total. The summed E-state index contributed by atoms with van der Waals surface area (Å²) in [5.74, 6) is 1.58. The molecular weight excluding hydrogens is 448 g/mol. The molecule has 0 unspecified atom stereocenters. The SMILES string of the molecule is Cc1cc(C)nc(SCC(=O)N2CCC3(CCN(C(=O)CCCOc4ccccc4)CC3)C2)n1. The predicted octanol–water partition coefficient (Wildman–Crippen LogP) is 3.89. The van der Waals surface area contributed by atoms with Crippen LogP contribution >= 0.6 is 11.8 Å². The molecule has 2 saturated heterocycles. The van der Waals surface area contributed by atoms with Crippen molar-refractivity contribution < 1.29 is 14.3 Å². The first-order valence-electron chi connectivity index (χ1n) is 12.1. The summed E-state index contributed by atoms with van der Waals surface area (Å²) in [5, 5.41) is 0.667. The number of rotatable bonds is 8. The highest BCUT2D eigenvalue weighted by Gasteiger charge is 2.42. The van der Waals surface area contributed by atoms with Crippen molar-refractivity contribution in [2.75, 3.05) is 38.5 Å². The Morgan fingerprint density at radius 2 is 1.62 bits per heavy atom. The van der Waals surface area contributed by atoms with E-state index in [1.165, 1.54) is 11.8 Å². The van der Waals surface area contributed by atoms with Crippen LogP contribution in [0.1, 0.15) is 43.5 Å². The second-order valence-corrected chi connectivity index (χ2v) is 10.4. The number of hydrogen-bond acceptors (Lipinski definition) is 6. The van der Waals surface area contributed by atoms with Crippen molar-refractivity contribution >= 4 is 23.6 Å². The molecule has 2 amide bonds. The summed E-state index contributed by atoms with van der Waals surface area (Å²) in [5.41, 5.74) is 2.00. The number of nitrogens with zero attached hydrogens (tertiary/aromatic N) is 4. The standard InChI is InChI=1S/C26H34N4O3S/c1-20-17-21(2)28-25(27-20)34-18-24(32)30-15-12-26(19-30)10-13-29(14-11-26)23(31)9-6-16-33-22-7-4-3-5-8-22/h3-5,7-8,17H,6,9-16,18-19H2,1-2H3. The van der Waals surface area contributed by atoms with Crippen molar-refractivity contribution in [2.24, 2.45) is 5.41 Å².